The third kappa shape index (κ3) is 11.2. The summed E-state index contributed by atoms with van der Waals surface area (Å²) < 4.78 is 1.51. The van der Waals surface area contributed by atoms with Crippen molar-refractivity contribution in [3.8, 4) is 11.1 Å². The van der Waals surface area contributed by atoms with Gasteiger partial charge in [-0.25, -0.2) is 6.08 Å². The van der Waals surface area contributed by atoms with Gasteiger partial charge in [-0.15, -0.1) is 23.2 Å². The van der Waals surface area contributed by atoms with Crippen molar-refractivity contribution in [3.05, 3.63) is 84.0 Å². The van der Waals surface area contributed by atoms with E-state index in [2.05, 4.69) is 77.1 Å². The zero-order valence-electron chi connectivity index (χ0n) is 18.7. The van der Waals surface area contributed by atoms with E-state index in [0.29, 0.717) is 0 Å². The van der Waals surface area contributed by atoms with E-state index in [1.807, 2.05) is 19.1 Å². The summed E-state index contributed by atoms with van der Waals surface area (Å²) in [6, 6.07) is 18.1. The molecule has 4 heteroatoms. The van der Waals surface area contributed by atoms with Gasteiger partial charge in [0.05, 0.1) is 0 Å². The van der Waals surface area contributed by atoms with E-state index in [0.717, 1.165) is 12.0 Å². The van der Waals surface area contributed by atoms with Crippen LogP contribution in [0.4, 0.5) is 0 Å². The molecule has 0 nitrogen and oxygen atoms in total. The number of hydrogen-bond donors (Lipinski definition) is 0. The molecule has 1 atom stereocenters. The van der Waals surface area contributed by atoms with Crippen molar-refractivity contribution >= 4 is 14.8 Å². The molecule has 0 bridgehead atoms. The Bertz CT molecular complexity index is 783. The van der Waals surface area contributed by atoms with Crippen LogP contribution in [0.25, 0.3) is 11.1 Å². The second-order valence-electron chi connectivity index (χ2n) is 8.11. The minimum Gasteiger partial charge on any atom is -1.00 e. The van der Waals surface area contributed by atoms with Crippen LogP contribution in [0.1, 0.15) is 52.7 Å². The molecular weight excluding hydrogens is 510 g/mol. The smallest absolute Gasteiger partial charge is 0.0332 e. The number of allylic oxidation sites excluding steroid dienone is 3. The summed E-state index contributed by atoms with van der Waals surface area (Å²) in [5.74, 6) is 0. The molecule has 0 aromatic heterocycles. The summed E-state index contributed by atoms with van der Waals surface area (Å²) in [5, 5.41) is 0.0454. The summed E-state index contributed by atoms with van der Waals surface area (Å²) in [4.78, 5) is 0. The van der Waals surface area contributed by atoms with Gasteiger partial charge in [0.15, 0.2) is 0 Å². The van der Waals surface area contributed by atoms with Crippen LogP contribution in [-0.4, -0.2) is 8.58 Å². The summed E-state index contributed by atoms with van der Waals surface area (Å²) in [5.41, 5.74) is 6.70. The predicted octanol–water partition coefficient (Wildman–Crippen LogP) is 1.39. The normalized spacial score (nSPS) is 12.2. The van der Waals surface area contributed by atoms with Crippen LogP contribution < -0.4 is 24.8 Å². The molecule has 0 fully saturated rings. The van der Waals surface area contributed by atoms with Gasteiger partial charge in [-0.2, -0.15) is 35.4 Å². The minimum atomic E-state index is 0. The summed E-state index contributed by atoms with van der Waals surface area (Å²) in [6.07, 6.45) is 4.65. The van der Waals surface area contributed by atoms with E-state index in [1.165, 1.54) is 25.5 Å². The van der Waals surface area contributed by atoms with E-state index in [4.69, 9.17) is 18.2 Å². The van der Waals surface area contributed by atoms with Crippen molar-refractivity contribution < 1.29 is 49.0 Å². The fraction of sp³-hybridized carbons (Fsp3) is 0.346. The molecule has 162 valence electrons. The molecule has 0 N–H and O–H groups in total. The Morgan fingerprint density at radius 2 is 1.63 bits per heavy atom. The molecule has 0 aliphatic heterocycles. The van der Waals surface area contributed by atoms with Crippen molar-refractivity contribution in [1.82, 2.24) is 0 Å². The van der Waals surface area contributed by atoms with Gasteiger partial charge in [-0.1, -0.05) is 61.6 Å². The monoisotopic (exact) mass is 538 g/mol. The van der Waals surface area contributed by atoms with E-state index >= 15 is 0 Å². The Morgan fingerprint density at radius 3 is 2.10 bits per heavy atom. The van der Waals surface area contributed by atoms with Crippen LogP contribution in [0.5, 0.6) is 0 Å². The van der Waals surface area contributed by atoms with Crippen molar-refractivity contribution in [2.24, 2.45) is 5.41 Å². The number of hydrogen-bond acceptors (Lipinski definition) is 0. The Kier molecular flexibility index (Phi) is 16.2. The molecule has 3 rings (SSSR count). The molecule has 0 radical (unpaired) electrons. The van der Waals surface area contributed by atoms with Gasteiger partial charge in [0.25, 0.3) is 0 Å². The maximum Gasteiger partial charge on any atom is 0.0332 e. The topological polar surface area (TPSA) is 0 Å². The van der Waals surface area contributed by atoms with Gasteiger partial charge < -0.3 is 24.8 Å². The Balaban J connectivity index is 0. The molecule has 0 saturated carbocycles. The molecule has 0 amide bonds. The second-order valence-corrected chi connectivity index (χ2v) is 11.3. The number of benzene rings is 2. The molecule has 30 heavy (non-hydrogen) atoms. The average Bonchev–Trinajstić information content (AvgIpc) is 2.97. The molecular formula is C26H31Cl3Zr-2. The van der Waals surface area contributed by atoms with Gasteiger partial charge in [0, 0.05) is 5.38 Å². The molecule has 2 aromatic carbocycles. The maximum atomic E-state index is 5.81. The third-order valence-electron chi connectivity index (χ3n) is 4.07. The zero-order chi connectivity index (χ0) is 21.3. The maximum absolute atomic E-state index is 5.81. The summed E-state index contributed by atoms with van der Waals surface area (Å²) in [7, 11) is 0. The molecule has 2 aromatic rings. The van der Waals surface area contributed by atoms with Crippen LogP contribution in [0, 0.1) is 18.1 Å². The predicted molar refractivity (Wildman–Crippen MR) is 122 cm³/mol. The van der Waals surface area contributed by atoms with E-state index in [9.17, 15) is 0 Å². The van der Waals surface area contributed by atoms with Gasteiger partial charge in [-0.3, -0.25) is 6.58 Å². The van der Waals surface area contributed by atoms with Crippen LogP contribution in [0.15, 0.2) is 60.2 Å². The molecule has 1 aliphatic carbocycles. The number of alkyl halides is 1. The largest absolute Gasteiger partial charge is 1.00 e. The zero-order valence-corrected chi connectivity index (χ0v) is 23.4. The fourth-order valence-corrected chi connectivity index (χ4v) is 2.94. The first kappa shape index (κ1) is 31.7. The SMILES string of the molecule is C[C](C)=[Zr+2].[CH-]=CC(=CC(C)Cl)C(C)(C)C.[Cl-].[Cl-].[c-]1cccc2c1Cc1ccccc1-2. The fourth-order valence-electron chi connectivity index (χ4n) is 2.80. The average molecular weight is 541 g/mol. The molecule has 1 aliphatic rings. The first-order valence-electron chi connectivity index (χ1n) is 9.57. The van der Waals surface area contributed by atoms with Crippen molar-refractivity contribution in [1.29, 1.82) is 0 Å². The van der Waals surface area contributed by atoms with Gasteiger partial charge >= 0.3 is 41.3 Å². The summed E-state index contributed by atoms with van der Waals surface area (Å²) in [6.45, 7) is 18.0. The first-order valence-corrected chi connectivity index (χ1v) is 11.2. The van der Waals surface area contributed by atoms with Crippen molar-refractivity contribution in [2.75, 3.05) is 0 Å². The minimum absolute atomic E-state index is 0. The van der Waals surface area contributed by atoms with Crippen molar-refractivity contribution in [2.45, 2.75) is 53.3 Å². The first-order chi connectivity index (χ1) is 13.1. The van der Waals surface area contributed by atoms with Gasteiger partial charge in [0.1, 0.15) is 0 Å². The second kappa shape index (κ2) is 15.4. The summed E-state index contributed by atoms with van der Waals surface area (Å²) >= 11 is 7.36. The third-order valence-corrected chi connectivity index (χ3v) is 4.20. The quantitative estimate of drug-likeness (QED) is 0.262. The van der Waals surface area contributed by atoms with Gasteiger partial charge in [0.2, 0.25) is 0 Å². The van der Waals surface area contributed by atoms with E-state index in [-0.39, 0.29) is 35.6 Å². The van der Waals surface area contributed by atoms with Gasteiger partial charge in [-0.05, 0) is 13.3 Å². The van der Waals surface area contributed by atoms with Crippen molar-refractivity contribution in [3.63, 3.8) is 0 Å². The molecule has 0 heterocycles. The molecule has 0 saturated heterocycles. The molecule has 0 spiro atoms. The van der Waals surface area contributed by atoms with E-state index < -0.39 is 0 Å². The molecule has 1 unspecified atom stereocenters. The Morgan fingerprint density at radius 1 is 1.10 bits per heavy atom. The van der Waals surface area contributed by atoms with Crippen LogP contribution >= 0.6 is 11.6 Å². The standard InChI is InChI=1S/C13H9.C10H16Cl.C3H6.2ClH.Zr/c1-3-7-12-10(5-1)9-11-6-2-4-8-13(11)12;1-6-9(7-8(2)11)10(3,4)5;1-3-2;;;/h1-5,7-8H,9H2;1,6-8H,2-5H3;1-2H3;2*1H;/q2*-1;;;;+2/p-2. The van der Waals surface area contributed by atoms with Crippen LogP contribution in [0.2, 0.25) is 0 Å². The number of fused-ring (bicyclic) bond motifs is 3. The van der Waals surface area contributed by atoms with E-state index in [1.54, 1.807) is 30.3 Å². The number of rotatable bonds is 2. The Hall–Kier alpha value is -0.457. The number of halogens is 3. The van der Waals surface area contributed by atoms with Crippen LogP contribution in [-0.2, 0) is 30.7 Å². The Labute approximate surface area is 216 Å². The van der Waals surface area contributed by atoms with Crippen LogP contribution in [0.3, 0.4) is 0 Å².